The lowest BCUT2D eigenvalue weighted by Crippen LogP contribution is -2.44. The van der Waals surface area contributed by atoms with Gasteiger partial charge in [0.2, 0.25) is 0 Å². The summed E-state index contributed by atoms with van der Waals surface area (Å²) in [6.45, 7) is 6.19. The molecule has 4 heteroatoms. The SMILES string of the molecule is CSCCCN1C[C@H]2CC[C@@H]1CN(Cc1cccnc1)C2. The highest BCUT2D eigenvalue weighted by Crippen LogP contribution is 2.28. The van der Waals surface area contributed by atoms with Gasteiger partial charge in [0.25, 0.3) is 0 Å². The Kier molecular flexibility index (Phi) is 5.55. The molecule has 3 aliphatic heterocycles. The van der Waals surface area contributed by atoms with Crippen LogP contribution < -0.4 is 0 Å². The number of nitrogens with zero attached hydrogens (tertiary/aromatic N) is 3. The van der Waals surface area contributed by atoms with E-state index in [1.165, 1.54) is 56.8 Å². The van der Waals surface area contributed by atoms with Gasteiger partial charge >= 0.3 is 0 Å². The van der Waals surface area contributed by atoms with Crippen molar-refractivity contribution < 1.29 is 0 Å². The zero-order valence-electron chi connectivity index (χ0n) is 13.1. The highest BCUT2D eigenvalue weighted by molar-refractivity contribution is 7.98. The molecule has 3 nitrogen and oxygen atoms in total. The van der Waals surface area contributed by atoms with Gasteiger partial charge in [0.15, 0.2) is 0 Å². The number of fused-ring (bicyclic) bond motifs is 4. The summed E-state index contributed by atoms with van der Waals surface area (Å²) in [4.78, 5) is 9.68. The van der Waals surface area contributed by atoms with Gasteiger partial charge in [0, 0.05) is 44.6 Å². The Morgan fingerprint density at radius 2 is 2.24 bits per heavy atom. The molecule has 3 fully saturated rings. The van der Waals surface area contributed by atoms with E-state index in [4.69, 9.17) is 0 Å². The van der Waals surface area contributed by atoms with E-state index in [0.29, 0.717) is 0 Å². The fourth-order valence-corrected chi connectivity index (χ4v) is 4.26. The molecule has 0 spiro atoms. The van der Waals surface area contributed by atoms with Crippen LogP contribution in [0.3, 0.4) is 0 Å². The van der Waals surface area contributed by atoms with Crippen LogP contribution in [0, 0.1) is 5.92 Å². The minimum absolute atomic E-state index is 0.780. The predicted molar refractivity (Wildman–Crippen MR) is 90.6 cm³/mol. The van der Waals surface area contributed by atoms with Crippen molar-refractivity contribution in [1.82, 2.24) is 14.8 Å². The molecule has 0 amide bonds. The molecule has 1 aromatic rings. The summed E-state index contributed by atoms with van der Waals surface area (Å²) in [5.74, 6) is 2.17. The van der Waals surface area contributed by atoms with Crippen LogP contribution in [0.15, 0.2) is 24.5 Å². The van der Waals surface area contributed by atoms with Crippen LogP contribution >= 0.6 is 11.8 Å². The third-order valence-electron chi connectivity index (χ3n) is 4.83. The fraction of sp³-hybridized carbons (Fsp3) is 0.706. The van der Waals surface area contributed by atoms with Crippen molar-refractivity contribution in [2.45, 2.75) is 31.8 Å². The van der Waals surface area contributed by atoms with E-state index in [9.17, 15) is 0 Å². The first-order valence-corrected chi connectivity index (χ1v) is 9.59. The van der Waals surface area contributed by atoms with Gasteiger partial charge in [-0.2, -0.15) is 11.8 Å². The molecule has 3 aliphatic rings. The van der Waals surface area contributed by atoms with Gasteiger partial charge in [-0.15, -0.1) is 0 Å². The van der Waals surface area contributed by atoms with E-state index >= 15 is 0 Å². The van der Waals surface area contributed by atoms with E-state index in [1.54, 1.807) is 0 Å². The number of pyridine rings is 1. The Morgan fingerprint density at radius 1 is 1.29 bits per heavy atom. The molecule has 4 rings (SSSR count). The molecule has 0 unspecified atom stereocenters. The normalized spacial score (nSPS) is 26.9. The van der Waals surface area contributed by atoms with Gasteiger partial charge in [-0.3, -0.25) is 14.8 Å². The number of hydrogen-bond donors (Lipinski definition) is 0. The largest absolute Gasteiger partial charge is 0.299 e. The van der Waals surface area contributed by atoms with Crippen molar-refractivity contribution in [3.8, 4) is 0 Å². The van der Waals surface area contributed by atoms with Crippen LogP contribution in [0.5, 0.6) is 0 Å². The predicted octanol–water partition coefficient (Wildman–Crippen LogP) is 2.73. The highest BCUT2D eigenvalue weighted by atomic mass is 32.2. The summed E-state index contributed by atoms with van der Waals surface area (Å²) in [6.07, 6.45) is 10.3. The molecule has 4 heterocycles. The molecule has 2 atom stereocenters. The van der Waals surface area contributed by atoms with Crippen LogP contribution in [0.25, 0.3) is 0 Å². The third-order valence-corrected chi connectivity index (χ3v) is 5.52. The second-order valence-corrected chi connectivity index (χ2v) is 7.48. The zero-order chi connectivity index (χ0) is 14.5. The van der Waals surface area contributed by atoms with Crippen LogP contribution in [-0.2, 0) is 6.54 Å². The van der Waals surface area contributed by atoms with Crippen LogP contribution in [0.4, 0.5) is 0 Å². The Hall–Kier alpha value is -0.580. The summed E-state index contributed by atoms with van der Waals surface area (Å²) >= 11 is 1.97. The Labute approximate surface area is 133 Å². The summed E-state index contributed by atoms with van der Waals surface area (Å²) in [6, 6.07) is 5.04. The van der Waals surface area contributed by atoms with Crippen molar-refractivity contribution in [1.29, 1.82) is 0 Å². The number of hydrogen-bond acceptors (Lipinski definition) is 4. The van der Waals surface area contributed by atoms with Crippen LogP contribution in [-0.4, -0.2) is 59.0 Å². The summed E-state index contributed by atoms with van der Waals surface area (Å²) in [5.41, 5.74) is 1.35. The first-order chi connectivity index (χ1) is 10.3. The van der Waals surface area contributed by atoms with E-state index in [-0.39, 0.29) is 0 Å². The van der Waals surface area contributed by atoms with Crippen molar-refractivity contribution in [2.75, 3.05) is 38.2 Å². The molecule has 21 heavy (non-hydrogen) atoms. The first-order valence-electron chi connectivity index (χ1n) is 8.19. The highest BCUT2D eigenvalue weighted by Gasteiger charge is 2.34. The average molecular weight is 305 g/mol. The first kappa shape index (κ1) is 15.3. The van der Waals surface area contributed by atoms with Gasteiger partial charge in [0.05, 0.1) is 0 Å². The summed E-state index contributed by atoms with van der Waals surface area (Å²) < 4.78 is 0. The fourth-order valence-electron chi connectivity index (χ4n) is 3.84. The molecule has 0 saturated carbocycles. The summed E-state index contributed by atoms with van der Waals surface area (Å²) in [7, 11) is 0. The van der Waals surface area contributed by atoms with E-state index in [2.05, 4.69) is 33.2 Å². The van der Waals surface area contributed by atoms with E-state index in [1.807, 2.05) is 24.2 Å². The van der Waals surface area contributed by atoms with Crippen molar-refractivity contribution in [3.05, 3.63) is 30.1 Å². The molecular formula is C17H27N3S. The standard InChI is InChI=1S/C17H27N3S/c1-21-9-3-8-20-13-16-5-6-17(20)14-19(12-16)11-15-4-2-7-18-10-15/h2,4,7,10,16-17H,3,5-6,8-9,11-14H2,1H3/t16-,17+/m0/s1. The Morgan fingerprint density at radius 3 is 3.05 bits per heavy atom. The molecule has 3 saturated heterocycles. The summed E-state index contributed by atoms with van der Waals surface area (Å²) in [5, 5.41) is 0. The maximum absolute atomic E-state index is 4.25. The minimum Gasteiger partial charge on any atom is -0.299 e. The smallest absolute Gasteiger partial charge is 0.0312 e. The van der Waals surface area contributed by atoms with Crippen molar-refractivity contribution in [2.24, 2.45) is 5.92 Å². The second kappa shape index (κ2) is 7.61. The molecule has 0 radical (unpaired) electrons. The maximum Gasteiger partial charge on any atom is 0.0312 e. The molecule has 0 N–H and O–H groups in total. The van der Waals surface area contributed by atoms with Gasteiger partial charge in [-0.05, 0) is 55.4 Å². The average Bonchev–Trinajstić information content (AvgIpc) is 2.79. The zero-order valence-corrected chi connectivity index (χ0v) is 13.9. The van der Waals surface area contributed by atoms with Gasteiger partial charge in [0.1, 0.15) is 0 Å². The van der Waals surface area contributed by atoms with Crippen LogP contribution in [0.1, 0.15) is 24.8 Å². The lowest BCUT2D eigenvalue weighted by Gasteiger charge is -2.36. The van der Waals surface area contributed by atoms with Gasteiger partial charge < -0.3 is 0 Å². The lowest BCUT2D eigenvalue weighted by molar-refractivity contribution is 0.131. The molecular weight excluding hydrogens is 278 g/mol. The van der Waals surface area contributed by atoms with Crippen molar-refractivity contribution >= 4 is 11.8 Å². The monoisotopic (exact) mass is 305 g/mol. The molecule has 0 aliphatic carbocycles. The third kappa shape index (κ3) is 4.21. The molecule has 116 valence electrons. The van der Waals surface area contributed by atoms with Crippen LogP contribution in [0.2, 0.25) is 0 Å². The Balaban J connectivity index is 1.58. The minimum atomic E-state index is 0.780. The lowest BCUT2D eigenvalue weighted by atomic mass is 9.95. The van der Waals surface area contributed by atoms with E-state index < -0.39 is 0 Å². The second-order valence-electron chi connectivity index (χ2n) is 6.49. The van der Waals surface area contributed by atoms with E-state index in [0.717, 1.165) is 18.5 Å². The molecule has 1 aromatic heterocycles. The number of rotatable bonds is 6. The topological polar surface area (TPSA) is 19.4 Å². The number of piperidine rings is 1. The quantitative estimate of drug-likeness (QED) is 0.752. The molecule has 2 bridgehead atoms. The number of thioether (sulfide) groups is 1. The Bertz CT molecular complexity index is 425. The molecule has 0 aromatic carbocycles. The van der Waals surface area contributed by atoms with Gasteiger partial charge in [-0.1, -0.05) is 6.07 Å². The number of aromatic nitrogens is 1. The maximum atomic E-state index is 4.25. The van der Waals surface area contributed by atoms with Gasteiger partial charge in [-0.25, -0.2) is 0 Å². The van der Waals surface area contributed by atoms with Crippen molar-refractivity contribution in [3.63, 3.8) is 0 Å².